The topological polar surface area (TPSA) is 58.3 Å². The molecule has 1 fully saturated rings. The Morgan fingerprint density at radius 1 is 1.22 bits per heavy atom. The molecule has 100 valence electrons. The summed E-state index contributed by atoms with van der Waals surface area (Å²) in [6, 6.07) is 5.74. The lowest BCUT2D eigenvalue weighted by Gasteiger charge is -2.27. The van der Waals surface area contributed by atoms with Gasteiger partial charge in [-0.2, -0.15) is 0 Å². The van der Waals surface area contributed by atoms with E-state index in [2.05, 4.69) is 21.2 Å². The summed E-state index contributed by atoms with van der Waals surface area (Å²) >= 11 is 3.43. The molecule has 4 N–H and O–H groups in total. The largest absolute Gasteiger partial charge is 0.397 e. The van der Waals surface area contributed by atoms with Gasteiger partial charge in [0, 0.05) is 11.0 Å². The Bertz CT molecular complexity index is 401. The maximum atomic E-state index is 10.6. The van der Waals surface area contributed by atoms with E-state index in [1.54, 1.807) is 0 Å². The lowest BCUT2D eigenvalue weighted by atomic mass is 9.94. The minimum absolute atomic E-state index is 0.577. The van der Waals surface area contributed by atoms with Gasteiger partial charge >= 0.3 is 0 Å². The molecule has 1 aliphatic rings. The quantitative estimate of drug-likeness (QED) is 0.591. The summed E-state index contributed by atoms with van der Waals surface area (Å²) in [6.07, 6.45) is 6.47. The number of benzene rings is 1. The molecule has 0 aliphatic heterocycles. The van der Waals surface area contributed by atoms with Crippen LogP contribution in [0.1, 0.15) is 38.5 Å². The normalized spacial score (nSPS) is 19.2. The van der Waals surface area contributed by atoms with Crippen molar-refractivity contribution in [2.75, 3.05) is 17.6 Å². The van der Waals surface area contributed by atoms with Crippen molar-refractivity contribution < 1.29 is 5.11 Å². The van der Waals surface area contributed by atoms with Gasteiger partial charge in [0.1, 0.15) is 0 Å². The lowest BCUT2D eigenvalue weighted by Crippen LogP contribution is -2.36. The number of halogens is 1. The Labute approximate surface area is 117 Å². The standard InChI is InChI=1S/C14H21BrN2O/c15-11-5-6-12(16)13(9-11)17-10-14(18)7-3-1-2-4-8-14/h5-6,9,17-18H,1-4,7-8,10,16H2. The van der Waals surface area contributed by atoms with E-state index in [-0.39, 0.29) is 0 Å². The number of rotatable bonds is 3. The third-order valence-corrected chi connectivity index (χ3v) is 4.15. The number of aliphatic hydroxyl groups is 1. The average Bonchev–Trinajstić information content (AvgIpc) is 2.56. The van der Waals surface area contributed by atoms with Crippen LogP contribution in [0.5, 0.6) is 0 Å². The van der Waals surface area contributed by atoms with Crippen LogP contribution in [-0.2, 0) is 0 Å². The molecule has 18 heavy (non-hydrogen) atoms. The highest BCUT2D eigenvalue weighted by atomic mass is 79.9. The highest BCUT2D eigenvalue weighted by Crippen LogP contribution is 2.29. The minimum Gasteiger partial charge on any atom is -0.397 e. The molecule has 0 atom stereocenters. The fourth-order valence-electron chi connectivity index (χ4n) is 2.50. The van der Waals surface area contributed by atoms with Crippen LogP contribution >= 0.6 is 15.9 Å². The molecule has 3 nitrogen and oxygen atoms in total. The highest BCUT2D eigenvalue weighted by molar-refractivity contribution is 9.10. The summed E-state index contributed by atoms with van der Waals surface area (Å²) < 4.78 is 0.993. The molecular weight excluding hydrogens is 292 g/mol. The molecule has 0 radical (unpaired) electrons. The average molecular weight is 313 g/mol. The van der Waals surface area contributed by atoms with E-state index in [0.717, 1.165) is 41.5 Å². The molecule has 0 spiro atoms. The van der Waals surface area contributed by atoms with Crippen molar-refractivity contribution in [2.24, 2.45) is 0 Å². The molecule has 4 heteroatoms. The Morgan fingerprint density at radius 2 is 1.89 bits per heavy atom. The van der Waals surface area contributed by atoms with E-state index in [4.69, 9.17) is 5.73 Å². The number of hydrogen-bond donors (Lipinski definition) is 3. The zero-order valence-corrected chi connectivity index (χ0v) is 12.2. The van der Waals surface area contributed by atoms with E-state index >= 15 is 0 Å². The van der Waals surface area contributed by atoms with Gasteiger partial charge in [-0.25, -0.2) is 0 Å². The van der Waals surface area contributed by atoms with Gasteiger partial charge in [0.2, 0.25) is 0 Å². The predicted molar refractivity (Wildman–Crippen MR) is 79.7 cm³/mol. The second-order valence-corrected chi connectivity index (χ2v) is 6.14. The second kappa shape index (κ2) is 5.93. The van der Waals surface area contributed by atoms with Gasteiger partial charge in [0.05, 0.1) is 17.0 Å². The van der Waals surface area contributed by atoms with Gasteiger partial charge < -0.3 is 16.2 Å². The zero-order valence-electron chi connectivity index (χ0n) is 10.6. The molecule has 1 saturated carbocycles. The molecule has 1 aliphatic carbocycles. The maximum absolute atomic E-state index is 10.6. The van der Waals surface area contributed by atoms with Crippen LogP contribution < -0.4 is 11.1 Å². The first kappa shape index (κ1) is 13.7. The maximum Gasteiger partial charge on any atom is 0.0819 e. The first-order valence-corrected chi connectivity index (χ1v) is 7.40. The zero-order chi connectivity index (χ0) is 13.0. The van der Waals surface area contributed by atoms with Crippen molar-refractivity contribution in [3.8, 4) is 0 Å². The smallest absolute Gasteiger partial charge is 0.0819 e. The van der Waals surface area contributed by atoms with Crippen molar-refractivity contribution in [3.05, 3.63) is 22.7 Å². The SMILES string of the molecule is Nc1ccc(Br)cc1NCC1(O)CCCCCC1. The van der Waals surface area contributed by atoms with Crippen molar-refractivity contribution in [2.45, 2.75) is 44.1 Å². The molecule has 0 unspecified atom stereocenters. The van der Waals surface area contributed by atoms with Crippen molar-refractivity contribution >= 4 is 27.3 Å². The van der Waals surface area contributed by atoms with Crippen molar-refractivity contribution in [3.63, 3.8) is 0 Å². The number of nitrogens with one attached hydrogen (secondary N) is 1. The molecular formula is C14H21BrN2O. The highest BCUT2D eigenvalue weighted by Gasteiger charge is 2.27. The van der Waals surface area contributed by atoms with Gasteiger partial charge in [-0.3, -0.25) is 0 Å². The van der Waals surface area contributed by atoms with Crippen LogP contribution in [0, 0.1) is 0 Å². The van der Waals surface area contributed by atoms with Gasteiger partial charge in [-0.05, 0) is 31.0 Å². The molecule has 1 aromatic rings. The Kier molecular flexibility index (Phi) is 4.51. The Hall–Kier alpha value is -0.740. The number of hydrogen-bond acceptors (Lipinski definition) is 3. The van der Waals surface area contributed by atoms with Gasteiger partial charge in [0.15, 0.2) is 0 Å². The molecule has 0 bridgehead atoms. The van der Waals surface area contributed by atoms with E-state index in [1.807, 2.05) is 18.2 Å². The monoisotopic (exact) mass is 312 g/mol. The third-order valence-electron chi connectivity index (χ3n) is 3.66. The summed E-state index contributed by atoms with van der Waals surface area (Å²) in [5.74, 6) is 0. The van der Waals surface area contributed by atoms with Crippen LogP contribution in [-0.4, -0.2) is 17.3 Å². The predicted octanol–water partition coefficient (Wildman–Crippen LogP) is 3.53. The first-order valence-electron chi connectivity index (χ1n) is 6.60. The van der Waals surface area contributed by atoms with Gasteiger partial charge in [0.25, 0.3) is 0 Å². The molecule has 0 saturated heterocycles. The van der Waals surface area contributed by atoms with Crippen molar-refractivity contribution in [1.82, 2.24) is 0 Å². The summed E-state index contributed by atoms with van der Waals surface area (Å²) in [6.45, 7) is 0.577. The summed E-state index contributed by atoms with van der Waals surface area (Å²) in [4.78, 5) is 0. The molecule has 1 aromatic carbocycles. The van der Waals surface area contributed by atoms with Crippen LogP contribution in [0.2, 0.25) is 0 Å². The van der Waals surface area contributed by atoms with E-state index in [0.29, 0.717) is 6.54 Å². The van der Waals surface area contributed by atoms with Crippen LogP contribution in [0.3, 0.4) is 0 Å². The lowest BCUT2D eigenvalue weighted by molar-refractivity contribution is 0.0381. The molecule has 0 aromatic heterocycles. The Morgan fingerprint density at radius 3 is 2.56 bits per heavy atom. The fraction of sp³-hybridized carbons (Fsp3) is 0.571. The fourth-order valence-corrected chi connectivity index (χ4v) is 2.87. The van der Waals surface area contributed by atoms with Crippen molar-refractivity contribution in [1.29, 1.82) is 0 Å². The molecule has 0 heterocycles. The van der Waals surface area contributed by atoms with Crippen LogP contribution in [0.25, 0.3) is 0 Å². The number of anilines is 2. The van der Waals surface area contributed by atoms with E-state index in [9.17, 15) is 5.11 Å². The van der Waals surface area contributed by atoms with E-state index in [1.165, 1.54) is 12.8 Å². The van der Waals surface area contributed by atoms with Crippen LogP contribution in [0.15, 0.2) is 22.7 Å². The molecule has 0 amide bonds. The first-order chi connectivity index (χ1) is 8.59. The second-order valence-electron chi connectivity index (χ2n) is 5.22. The third kappa shape index (κ3) is 3.62. The number of nitrogens with two attached hydrogens (primary N) is 1. The van der Waals surface area contributed by atoms with Crippen LogP contribution in [0.4, 0.5) is 11.4 Å². The van der Waals surface area contributed by atoms with E-state index < -0.39 is 5.60 Å². The minimum atomic E-state index is -0.578. The summed E-state index contributed by atoms with van der Waals surface area (Å²) in [5, 5.41) is 13.8. The summed E-state index contributed by atoms with van der Waals surface area (Å²) in [5.41, 5.74) is 6.94. The molecule has 2 rings (SSSR count). The Balaban J connectivity index is 1.99. The number of nitrogen functional groups attached to an aromatic ring is 1. The van der Waals surface area contributed by atoms with Gasteiger partial charge in [-0.1, -0.05) is 41.6 Å². The van der Waals surface area contributed by atoms with Gasteiger partial charge in [-0.15, -0.1) is 0 Å². The summed E-state index contributed by atoms with van der Waals surface area (Å²) in [7, 11) is 0.